The highest BCUT2D eigenvalue weighted by Gasteiger charge is 2.13. The fourth-order valence-corrected chi connectivity index (χ4v) is 2.37. The van der Waals surface area contributed by atoms with Crippen molar-refractivity contribution in [2.24, 2.45) is 0 Å². The average Bonchev–Trinajstić information content (AvgIpc) is 2.56. The molecule has 0 saturated carbocycles. The lowest BCUT2D eigenvalue weighted by Gasteiger charge is -2.29. The molecule has 0 radical (unpaired) electrons. The first-order valence-corrected chi connectivity index (χ1v) is 7.77. The van der Waals surface area contributed by atoms with Gasteiger partial charge in [-0.1, -0.05) is 12.1 Å². The molecule has 0 amide bonds. The van der Waals surface area contributed by atoms with Crippen molar-refractivity contribution in [1.29, 1.82) is 0 Å². The van der Waals surface area contributed by atoms with Crippen molar-refractivity contribution in [3.63, 3.8) is 0 Å². The van der Waals surface area contributed by atoms with Gasteiger partial charge < -0.3 is 9.99 Å². The maximum atomic E-state index is 13.4. The van der Waals surface area contributed by atoms with Crippen LogP contribution in [0.15, 0.2) is 35.1 Å². The number of hydrogen-bond acceptors (Lipinski definition) is 4. The van der Waals surface area contributed by atoms with E-state index in [1.165, 1.54) is 12.1 Å². The molecule has 128 valence electrons. The Morgan fingerprint density at radius 2 is 2.08 bits per heavy atom. The second-order valence-electron chi connectivity index (χ2n) is 5.78. The van der Waals surface area contributed by atoms with Crippen LogP contribution in [-0.2, 0) is 6.54 Å². The summed E-state index contributed by atoms with van der Waals surface area (Å²) in [7, 11) is 3.69. The van der Waals surface area contributed by atoms with Crippen molar-refractivity contribution in [2.75, 3.05) is 19.1 Å². The molecule has 1 heterocycles. The number of nitrogens with one attached hydrogen (secondary N) is 1. The Balaban J connectivity index is 2.27. The molecule has 0 bridgehead atoms. The number of allylic oxidation sites excluding steroid dienone is 2. The number of halogens is 1. The van der Waals surface area contributed by atoms with Crippen LogP contribution in [-0.4, -0.2) is 29.1 Å². The Morgan fingerprint density at radius 1 is 1.38 bits per heavy atom. The molecule has 0 aliphatic rings. The topological polar surface area (TPSA) is 52.2 Å². The molecule has 6 heteroatoms. The monoisotopic (exact) mass is 330 g/mol. The Hall–Kier alpha value is -2.47. The maximum absolute atomic E-state index is 13.4. The first kappa shape index (κ1) is 17.9. The molecule has 1 aromatic heterocycles. The lowest BCUT2D eigenvalue weighted by molar-refractivity contribution is 0.307. The number of nitrogens with zero attached hydrogens (tertiary/aromatic N) is 3. The summed E-state index contributed by atoms with van der Waals surface area (Å²) in [6, 6.07) is 6.34. The number of hydrazine groups is 1. The number of anilines is 1. The van der Waals surface area contributed by atoms with E-state index in [0.717, 1.165) is 11.3 Å². The third-order valence-corrected chi connectivity index (χ3v) is 4.08. The molecule has 5 nitrogen and oxygen atoms in total. The standard InChI is InChI=1S/C18H23FN4O/c1-6-12(2)17-13(3)18(24)21-16(20-17)11-22(4)23(5)15-9-7-8-14(19)10-15/h6-10H,11H2,1-5H3,(H,20,21,24)/b12-6-. The van der Waals surface area contributed by atoms with Gasteiger partial charge in [-0.25, -0.2) is 14.4 Å². The van der Waals surface area contributed by atoms with Gasteiger partial charge in [0.05, 0.1) is 17.9 Å². The van der Waals surface area contributed by atoms with Crippen molar-refractivity contribution >= 4 is 11.3 Å². The van der Waals surface area contributed by atoms with Gasteiger partial charge in [0.25, 0.3) is 5.56 Å². The third kappa shape index (κ3) is 3.89. The lowest BCUT2D eigenvalue weighted by Crippen LogP contribution is -2.37. The SMILES string of the molecule is C/C=C(/C)c1nc(CN(C)N(C)c2cccc(F)c2)[nH]c(=O)c1C. The molecule has 0 fully saturated rings. The number of aromatic nitrogens is 2. The maximum Gasteiger partial charge on any atom is 0.254 e. The van der Waals surface area contributed by atoms with Gasteiger partial charge in [-0.05, 0) is 44.5 Å². The average molecular weight is 330 g/mol. The van der Waals surface area contributed by atoms with Crippen LogP contribution in [0.5, 0.6) is 0 Å². The van der Waals surface area contributed by atoms with E-state index in [1.54, 1.807) is 13.0 Å². The van der Waals surface area contributed by atoms with Crippen molar-refractivity contribution in [1.82, 2.24) is 15.0 Å². The van der Waals surface area contributed by atoms with Crippen LogP contribution in [0.4, 0.5) is 10.1 Å². The van der Waals surface area contributed by atoms with Crippen molar-refractivity contribution < 1.29 is 4.39 Å². The van der Waals surface area contributed by atoms with Crippen LogP contribution < -0.4 is 10.6 Å². The molecule has 0 unspecified atom stereocenters. The first-order valence-electron chi connectivity index (χ1n) is 7.77. The van der Waals surface area contributed by atoms with Gasteiger partial charge in [0, 0.05) is 19.7 Å². The molecule has 0 atom stereocenters. The van der Waals surface area contributed by atoms with Gasteiger partial charge in [-0.2, -0.15) is 0 Å². The van der Waals surface area contributed by atoms with Crippen LogP contribution in [0.3, 0.4) is 0 Å². The van der Waals surface area contributed by atoms with Crippen LogP contribution >= 0.6 is 0 Å². The normalized spacial score (nSPS) is 11.9. The van der Waals surface area contributed by atoms with E-state index in [4.69, 9.17) is 0 Å². The predicted octanol–water partition coefficient (Wildman–Crippen LogP) is 3.12. The zero-order valence-corrected chi connectivity index (χ0v) is 14.7. The van der Waals surface area contributed by atoms with Crippen molar-refractivity contribution in [3.8, 4) is 0 Å². The van der Waals surface area contributed by atoms with Gasteiger partial charge in [-0.15, -0.1) is 0 Å². The van der Waals surface area contributed by atoms with Gasteiger partial charge >= 0.3 is 0 Å². The zero-order valence-electron chi connectivity index (χ0n) is 14.7. The number of hydrogen-bond donors (Lipinski definition) is 1. The minimum atomic E-state index is -0.291. The lowest BCUT2D eigenvalue weighted by atomic mass is 10.1. The Labute approximate surface area is 141 Å². The molecule has 0 aliphatic heterocycles. The van der Waals surface area contributed by atoms with E-state index < -0.39 is 0 Å². The summed E-state index contributed by atoms with van der Waals surface area (Å²) in [5, 5.41) is 3.67. The molecular weight excluding hydrogens is 307 g/mol. The van der Waals surface area contributed by atoms with E-state index >= 15 is 0 Å². The second-order valence-corrected chi connectivity index (χ2v) is 5.78. The third-order valence-electron chi connectivity index (χ3n) is 4.08. The Kier molecular flexibility index (Phi) is 5.51. The van der Waals surface area contributed by atoms with Gasteiger partial charge in [0.15, 0.2) is 0 Å². The fraction of sp³-hybridized carbons (Fsp3) is 0.333. The zero-order chi connectivity index (χ0) is 17.9. The van der Waals surface area contributed by atoms with E-state index in [9.17, 15) is 9.18 Å². The van der Waals surface area contributed by atoms with Crippen molar-refractivity contribution in [3.05, 3.63) is 63.6 Å². The first-order chi connectivity index (χ1) is 11.3. The highest BCUT2D eigenvalue weighted by Crippen LogP contribution is 2.17. The molecule has 1 N–H and O–H groups in total. The Morgan fingerprint density at radius 3 is 2.71 bits per heavy atom. The fourth-order valence-electron chi connectivity index (χ4n) is 2.37. The summed E-state index contributed by atoms with van der Waals surface area (Å²) in [6.45, 7) is 6.01. The molecule has 2 aromatic rings. The number of H-pyrrole nitrogens is 1. The minimum absolute atomic E-state index is 0.141. The van der Waals surface area contributed by atoms with E-state index in [-0.39, 0.29) is 11.4 Å². The highest BCUT2D eigenvalue weighted by atomic mass is 19.1. The summed E-state index contributed by atoms with van der Waals surface area (Å²) in [6.07, 6.45) is 1.93. The van der Waals surface area contributed by atoms with Crippen LogP contribution in [0, 0.1) is 12.7 Å². The van der Waals surface area contributed by atoms with Gasteiger partial charge in [0.2, 0.25) is 0 Å². The highest BCUT2D eigenvalue weighted by molar-refractivity contribution is 5.62. The van der Waals surface area contributed by atoms with Crippen molar-refractivity contribution in [2.45, 2.75) is 27.3 Å². The summed E-state index contributed by atoms with van der Waals surface area (Å²) in [4.78, 5) is 19.5. The predicted molar refractivity (Wildman–Crippen MR) is 95.2 cm³/mol. The number of aromatic amines is 1. The number of rotatable bonds is 5. The van der Waals surface area contributed by atoms with E-state index in [0.29, 0.717) is 23.6 Å². The van der Waals surface area contributed by atoms with Gasteiger partial charge in [-0.3, -0.25) is 4.79 Å². The molecule has 0 aliphatic carbocycles. The molecular formula is C18H23FN4O. The quantitative estimate of drug-likeness (QED) is 0.856. The minimum Gasteiger partial charge on any atom is -0.309 e. The smallest absolute Gasteiger partial charge is 0.254 e. The summed E-state index contributed by atoms with van der Waals surface area (Å²) in [5.74, 6) is 0.271. The molecule has 2 rings (SSSR count). The van der Waals surface area contributed by atoms with E-state index in [1.807, 2.05) is 50.1 Å². The number of benzene rings is 1. The van der Waals surface area contributed by atoms with E-state index in [2.05, 4.69) is 9.97 Å². The van der Waals surface area contributed by atoms with Crippen LogP contribution in [0.25, 0.3) is 5.57 Å². The molecule has 1 aromatic carbocycles. The summed E-state index contributed by atoms with van der Waals surface area (Å²) < 4.78 is 13.4. The molecule has 24 heavy (non-hydrogen) atoms. The summed E-state index contributed by atoms with van der Waals surface area (Å²) >= 11 is 0. The van der Waals surface area contributed by atoms with Crippen LogP contribution in [0.2, 0.25) is 0 Å². The Bertz CT molecular complexity index is 813. The van der Waals surface area contributed by atoms with Gasteiger partial charge in [0.1, 0.15) is 11.6 Å². The molecule has 0 saturated heterocycles. The summed E-state index contributed by atoms with van der Waals surface area (Å²) in [5.41, 5.74) is 2.85. The second kappa shape index (κ2) is 7.40. The molecule has 0 spiro atoms. The largest absolute Gasteiger partial charge is 0.309 e. The van der Waals surface area contributed by atoms with Crippen LogP contribution in [0.1, 0.15) is 30.9 Å².